The monoisotopic (exact) mass is 362 g/mol. The summed E-state index contributed by atoms with van der Waals surface area (Å²) in [5.74, 6) is 0.709. The fourth-order valence-electron chi connectivity index (χ4n) is 3.27. The first-order valence-corrected chi connectivity index (χ1v) is 8.86. The van der Waals surface area contributed by atoms with Gasteiger partial charge in [0.1, 0.15) is 13.1 Å². The molecule has 0 bridgehead atoms. The Hall–Kier alpha value is -3.05. The van der Waals surface area contributed by atoms with E-state index in [1.54, 1.807) is 26.4 Å². The number of benzene rings is 1. The number of Topliss-reactive ketones (excluding diaryl/α,β-unsaturated/α-hetero) is 1. The maximum absolute atomic E-state index is 11.8. The summed E-state index contributed by atoms with van der Waals surface area (Å²) in [6.07, 6.45) is 3.60. The van der Waals surface area contributed by atoms with Crippen molar-refractivity contribution < 1.29 is 9.53 Å². The molecule has 0 amide bonds. The van der Waals surface area contributed by atoms with E-state index in [0.29, 0.717) is 28.9 Å². The van der Waals surface area contributed by atoms with E-state index in [2.05, 4.69) is 17.0 Å². The Morgan fingerprint density at radius 1 is 0.963 bits per heavy atom. The average molecular weight is 362 g/mol. The summed E-state index contributed by atoms with van der Waals surface area (Å²) in [6, 6.07) is 17.5. The predicted octanol–water partition coefficient (Wildman–Crippen LogP) is 4.03. The first kappa shape index (κ1) is 18.7. The lowest BCUT2D eigenvalue weighted by atomic mass is 10.1. The van der Waals surface area contributed by atoms with E-state index in [9.17, 15) is 4.79 Å². The van der Waals surface area contributed by atoms with Gasteiger partial charge in [-0.05, 0) is 43.3 Å². The number of carbonyl (C=O) groups is 1. The lowest BCUT2D eigenvalue weighted by Gasteiger charge is -2.34. The van der Waals surface area contributed by atoms with Gasteiger partial charge >= 0.3 is 0 Å². The maximum atomic E-state index is 11.8. The number of hydrogen-bond acceptors (Lipinski definition) is 4. The van der Waals surface area contributed by atoms with Gasteiger partial charge in [0, 0.05) is 24.0 Å². The summed E-state index contributed by atoms with van der Waals surface area (Å²) in [4.78, 5) is 20.8. The molecule has 1 aromatic carbocycles. The Bertz CT molecular complexity index is 870. The summed E-state index contributed by atoms with van der Waals surface area (Å²) in [5.41, 5.74) is 3.58. The van der Waals surface area contributed by atoms with Gasteiger partial charge in [0.15, 0.2) is 17.2 Å². The fraction of sp³-hybridized carbons (Fsp3) is 0.227. The molecule has 0 aliphatic carbocycles. The van der Waals surface area contributed by atoms with Gasteiger partial charge in [0.05, 0.1) is 25.5 Å². The minimum atomic E-state index is 0.0171. The molecule has 0 fully saturated rings. The smallest absolute Gasteiger partial charge is 0.180 e. The topological polar surface area (TPSA) is 52.1 Å². The van der Waals surface area contributed by atoms with E-state index >= 15 is 0 Å². The average Bonchev–Trinajstić information content (AvgIpc) is 2.69. The zero-order valence-corrected chi connectivity index (χ0v) is 15.9. The molecule has 138 valence electrons. The van der Waals surface area contributed by atoms with Gasteiger partial charge in [-0.25, -0.2) is 0 Å². The molecular weight excluding hydrogens is 338 g/mol. The standard InChI is InChI=1S/C22H24N3O2/c1-17(26)18-10-11-21(22(14-18)27-3)25(2,15-19-8-4-6-12-23-19)16-20-9-5-7-13-24-20/h4-14H,15-16H2,1-3H3/q+1. The summed E-state index contributed by atoms with van der Waals surface area (Å²) >= 11 is 0. The highest BCUT2D eigenvalue weighted by Gasteiger charge is 2.31. The lowest BCUT2D eigenvalue weighted by molar-refractivity contribution is 0.101. The number of nitrogens with zero attached hydrogens (tertiary/aromatic N) is 3. The molecule has 0 unspecified atom stereocenters. The summed E-state index contributed by atoms with van der Waals surface area (Å²) in [7, 11) is 3.77. The number of ether oxygens (including phenoxy) is 1. The molecule has 2 aromatic heterocycles. The highest BCUT2D eigenvalue weighted by atomic mass is 16.5. The minimum absolute atomic E-state index is 0.0171. The molecule has 0 saturated carbocycles. The molecule has 0 atom stereocenters. The number of methoxy groups -OCH3 is 1. The van der Waals surface area contributed by atoms with Crippen molar-refractivity contribution in [3.8, 4) is 5.75 Å². The normalized spacial score (nSPS) is 11.2. The number of rotatable bonds is 7. The number of hydrogen-bond donors (Lipinski definition) is 0. The van der Waals surface area contributed by atoms with Crippen molar-refractivity contribution in [2.45, 2.75) is 20.0 Å². The molecule has 5 heteroatoms. The van der Waals surface area contributed by atoms with Crippen LogP contribution in [0.2, 0.25) is 0 Å². The van der Waals surface area contributed by atoms with Crippen LogP contribution in [-0.2, 0) is 13.1 Å². The Kier molecular flexibility index (Phi) is 5.62. The van der Waals surface area contributed by atoms with E-state index in [-0.39, 0.29) is 5.78 Å². The van der Waals surface area contributed by atoms with E-state index in [1.165, 1.54) is 0 Å². The van der Waals surface area contributed by atoms with Crippen LogP contribution in [-0.4, -0.2) is 29.9 Å². The second-order valence-electron chi connectivity index (χ2n) is 6.80. The SMILES string of the molecule is COc1cc(C(C)=O)ccc1[N+](C)(Cc1ccccn1)Cc1ccccn1. The van der Waals surface area contributed by atoms with Crippen LogP contribution in [0.15, 0.2) is 67.0 Å². The maximum Gasteiger partial charge on any atom is 0.180 e. The van der Waals surface area contributed by atoms with Crippen LogP contribution < -0.4 is 9.22 Å². The molecule has 27 heavy (non-hydrogen) atoms. The Balaban J connectivity index is 2.07. The van der Waals surface area contributed by atoms with E-state index in [0.717, 1.165) is 17.1 Å². The van der Waals surface area contributed by atoms with Gasteiger partial charge in [-0.15, -0.1) is 0 Å². The largest absolute Gasteiger partial charge is 0.491 e. The molecule has 0 spiro atoms. The van der Waals surface area contributed by atoms with Crippen molar-refractivity contribution in [2.24, 2.45) is 0 Å². The van der Waals surface area contributed by atoms with Gasteiger partial charge in [-0.3, -0.25) is 19.2 Å². The van der Waals surface area contributed by atoms with E-state index < -0.39 is 0 Å². The Morgan fingerprint density at radius 3 is 2.00 bits per heavy atom. The number of carbonyl (C=O) groups excluding carboxylic acids is 1. The van der Waals surface area contributed by atoms with E-state index in [4.69, 9.17) is 4.74 Å². The molecule has 0 N–H and O–H groups in total. The molecule has 3 rings (SSSR count). The third kappa shape index (κ3) is 4.38. The van der Waals surface area contributed by atoms with Gasteiger partial charge < -0.3 is 4.74 Å². The zero-order valence-electron chi connectivity index (χ0n) is 15.9. The molecule has 0 saturated heterocycles. The van der Waals surface area contributed by atoms with Crippen molar-refractivity contribution in [1.82, 2.24) is 14.5 Å². The van der Waals surface area contributed by atoms with Crippen LogP contribution in [0, 0.1) is 0 Å². The molecule has 5 nitrogen and oxygen atoms in total. The zero-order chi connectivity index (χ0) is 19.3. The van der Waals surface area contributed by atoms with Crippen LogP contribution >= 0.6 is 0 Å². The van der Waals surface area contributed by atoms with Gasteiger partial charge in [0.2, 0.25) is 0 Å². The van der Waals surface area contributed by atoms with Crippen LogP contribution in [0.1, 0.15) is 28.7 Å². The third-order valence-corrected chi connectivity index (χ3v) is 4.64. The van der Waals surface area contributed by atoms with Crippen LogP contribution in [0.3, 0.4) is 0 Å². The third-order valence-electron chi connectivity index (χ3n) is 4.64. The summed E-state index contributed by atoms with van der Waals surface area (Å²) in [5, 5.41) is 0. The first-order chi connectivity index (χ1) is 13.0. The molecule has 0 aliphatic heterocycles. The van der Waals surface area contributed by atoms with Crippen LogP contribution in [0.4, 0.5) is 5.69 Å². The lowest BCUT2D eigenvalue weighted by Crippen LogP contribution is -2.44. The van der Waals surface area contributed by atoms with Crippen molar-refractivity contribution in [3.05, 3.63) is 83.9 Å². The van der Waals surface area contributed by atoms with Crippen molar-refractivity contribution in [1.29, 1.82) is 0 Å². The number of ketones is 1. The summed E-state index contributed by atoms with van der Waals surface area (Å²) < 4.78 is 6.17. The Morgan fingerprint density at radius 2 is 1.56 bits per heavy atom. The number of quaternary nitrogens is 1. The quantitative estimate of drug-likeness (QED) is 0.470. The second-order valence-corrected chi connectivity index (χ2v) is 6.80. The van der Waals surface area contributed by atoms with Crippen LogP contribution in [0.25, 0.3) is 0 Å². The van der Waals surface area contributed by atoms with Crippen LogP contribution in [0.5, 0.6) is 5.75 Å². The molecule has 0 aliphatic rings. The summed E-state index contributed by atoms with van der Waals surface area (Å²) in [6.45, 7) is 2.91. The number of aromatic nitrogens is 2. The highest BCUT2D eigenvalue weighted by Crippen LogP contribution is 2.36. The minimum Gasteiger partial charge on any atom is -0.491 e. The van der Waals surface area contributed by atoms with E-state index in [1.807, 2.05) is 54.6 Å². The van der Waals surface area contributed by atoms with Crippen molar-refractivity contribution >= 4 is 11.5 Å². The molecule has 0 radical (unpaired) electrons. The fourth-order valence-corrected chi connectivity index (χ4v) is 3.27. The molecule has 3 aromatic rings. The Labute approximate surface area is 159 Å². The van der Waals surface area contributed by atoms with Gasteiger partial charge in [-0.2, -0.15) is 0 Å². The first-order valence-electron chi connectivity index (χ1n) is 8.86. The van der Waals surface area contributed by atoms with Gasteiger partial charge in [0.25, 0.3) is 0 Å². The highest BCUT2D eigenvalue weighted by molar-refractivity contribution is 5.95. The number of pyridine rings is 2. The second kappa shape index (κ2) is 8.10. The van der Waals surface area contributed by atoms with Gasteiger partial charge in [-0.1, -0.05) is 12.1 Å². The molecular formula is C22H24N3O2+. The van der Waals surface area contributed by atoms with Crippen molar-refractivity contribution in [2.75, 3.05) is 14.2 Å². The predicted molar refractivity (Wildman–Crippen MR) is 107 cm³/mol. The van der Waals surface area contributed by atoms with Crippen molar-refractivity contribution in [3.63, 3.8) is 0 Å². The molecule has 2 heterocycles.